The number of amides is 2. The van der Waals surface area contributed by atoms with Gasteiger partial charge in [0.25, 0.3) is 0 Å². The lowest BCUT2D eigenvalue weighted by Gasteiger charge is -2.33. The van der Waals surface area contributed by atoms with Crippen LogP contribution >= 0.6 is 0 Å². The van der Waals surface area contributed by atoms with Gasteiger partial charge in [-0.25, -0.2) is 0 Å². The molecule has 1 rings (SSSR count). The van der Waals surface area contributed by atoms with Crippen LogP contribution in [0.3, 0.4) is 0 Å². The van der Waals surface area contributed by atoms with Crippen LogP contribution in [0.25, 0.3) is 0 Å². The highest BCUT2D eigenvalue weighted by Crippen LogP contribution is 2.35. The van der Waals surface area contributed by atoms with Crippen LogP contribution in [-0.4, -0.2) is 17.4 Å². The molecule has 0 aromatic heterocycles. The van der Waals surface area contributed by atoms with Gasteiger partial charge < -0.3 is 11.1 Å². The van der Waals surface area contributed by atoms with E-state index in [1.807, 2.05) is 39.8 Å². The van der Waals surface area contributed by atoms with Crippen LogP contribution < -0.4 is 11.1 Å². The van der Waals surface area contributed by atoms with Gasteiger partial charge in [-0.3, -0.25) is 9.59 Å². The standard InChI is InChI=1S/C17H30N2O2.CH4/c1-5-6-10-13(15(18)20)14(11-12-8-7-9-12)16(21)19-17(2,3)4;/h5-6,12-14H,7-11H2,1-4H3,(H2,18,20)(H,19,21);1H4/b6-5+;/t13-,14+;/m0./s1. The highest BCUT2D eigenvalue weighted by Gasteiger charge is 2.36. The van der Waals surface area contributed by atoms with E-state index in [4.69, 9.17) is 5.73 Å². The van der Waals surface area contributed by atoms with Gasteiger partial charge in [-0.2, -0.15) is 0 Å². The summed E-state index contributed by atoms with van der Waals surface area (Å²) in [5.41, 5.74) is 5.27. The van der Waals surface area contributed by atoms with E-state index >= 15 is 0 Å². The van der Waals surface area contributed by atoms with Gasteiger partial charge in [0, 0.05) is 5.54 Å². The summed E-state index contributed by atoms with van der Waals surface area (Å²) in [7, 11) is 0. The van der Waals surface area contributed by atoms with Gasteiger partial charge in [0.05, 0.1) is 11.8 Å². The van der Waals surface area contributed by atoms with Gasteiger partial charge in [-0.1, -0.05) is 38.8 Å². The Kier molecular flexibility index (Phi) is 8.43. The number of hydrogen-bond acceptors (Lipinski definition) is 2. The number of carbonyl (C=O) groups excluding carboxylic acids is 2. The minimum absolute atomic E-state index is 0. The molecule has 0 aromatic rings. The first-order valence-corrected chi connectivity index (χ1v) is 7.97. The highest BCUT2D eigenvalue weighted by molar-refractivity contribution is 5.87. The number of primary amides is 1. The fourth-order valence-electron chi connectivity index (χ4n) is 2.77. The Balaban J connectivity index is 0.00000441. The normalized spacial score (nSPS) is 18.2. The predicted molar refractivity (Wildman–Crippen MR) is 92.2 cm³/mol. The van der Waals surface area contributed by atoms with Crippen molar-refractivity contribution < 1.29 is 9.59 Å². The second-order valence-electron chi connectivity index (χ2n) is 7.19. The van der Waals surface area contributed by atoms with Gasteiger partial charge in [0.15, 0.2) is 0 Å². The molecule has 0 radical (unpaired) electrons. The maximum atomic E-state index is 12.6. The molecule has 0 spiro atoms. The van der Waals surface area contributed by atoms with E-state index in [1.54, 1.807) is 0 Å². The van der Waals surface area contributed by atoms with Crippen molar-refractivity contribution in [3.05, 3.63) is 12.2 Å². The topological polar surface area (TPSA) is 72.2 Å². The van der Waals surface area contributed by atoms with Crippen LogP contribution in [0.5, 0.6) is 0 Å². The predicted octanol–water partition coefficient (Wildman–Crippen LogP) is 3.41. The van der Waals surface area contributed by atoms with Crippen molar-refractivity contribution in [2.24, 2.45) is 23.5 Å². The number of nitrogens with two attached hydrogens (primary N) is 1. The molecule has 1 fully saturated rings. The molecular formula is C18H34N2O2. The number of carbonyl (C=O) groups is 2. The van der Waals surface area contributed by atoms with Crippen LogP contribution in [0.4, 0.5) is 0 Å². The molecule has 0 aromatic carbocycles. The Bertz CT molecular complexity index is 392. The zero-order chi connectivity index (χ0) is 16.0. The quantitative estimate of drug-likeness (QED) is 0.707. The molecule has 0 saturated heterocycles. The van der Waals surface area contributed by atoms with Crippen LogP contribution in [0, 0.1) is 17.8 Å². The smallest absolute Gasteiger partial charge is 0.224 e. The molecule has 0 unspecified atom stereocenters. The second kappa shape index (κ2) is 8.96. The molecule has 1 saturated carbocycles. The van der Waals surface area contributed by atoms with Crippen molar-refractivity contribution in [2.75, 3.05) is 0 Å². The SMILES string of the molecule is C.C/C=C/C[C@H](C(N)=O)[C@@H](CC1CCC1)C(=O)NC(C)(C)C. The third-order valence-corrected chi connectivity index (χ3v) is 4.12. The van der Waals surface area contributed by atoms with Gasteiger partial charge in [0.2, 0.25) is 11.8 Å². The Morgan fingerprint density at radius 2 is 1.86 bits per heavy atom. The van der Waals surface area contributed by atoms with E-state index < -0.39 is 5.92 Å². The Morgan fingerprint density at radius 1 is 1.27 bits per heavy atom. The van der Waals surface area contributed by atoms with Crippen molar-refractivity contribution in [1.82, 2.24) is 5.32 Å². The molecule has 0 heterocycles. The molecule has 1 aliphatic rings. The second-order valence-corrected chi connectivity index (χ2v) is 7.19. The van der Waals surface area contributed by atoms with E-state index in [-0.39, 0.29) is 30.7 Å². The zero-order valence-electron chi connectivity index (χ0n) is 13.8. The molecule has 128 valence electrons. The maximum absolute atomic E-state index is 12.6. The average Bonchev–Trinajstić information content (AvgIpc) is 2.28. The lowest BCUT2D eigenvalue weighted by atomic mass is 9.74. The minimum Gasteiger partial charge on any atom is -0.369 e. The summed E-state index contributed by atoms with van der Waals surface area (Å²) in [6.07, 6.45) is 8.69. The molecule has 1 aliphatic carbocycles. The van der Waals surface area contributed by atoms with Crippen molar-refractivity contribution in [3.63, 3.8) is 0 Å². The van der Waals surface area contributed by atoms with E-state index in [2.05, 4.69) is 5.32 Å². The van der Waals surface area contributed by atoms with E-state index in [0.717, 1.165) is 19.3 Å². The molecule has 0 bridgehead atoms. The summed E-state index contributed by atoms with van der Waals surface area (Å²) in [6, 6.07) is 0. The molecule has 4 nitrogen and oxygen atoms in total. The van der Waals surface area contributed by atoms with E-state index in [0.29, 0.717) is 12.3 Å². The van der Waals surface area contributed by atoms with Gasteiger partial charge in [0.1, 0.15) is 0 Å². The maximum Gasteiger partial charge on any atom is 0.224 e. The fraction of sp³-hybridized carbons (Fsp3) is 0.778. The largest absolute Gasteiger partial charge is 0.369 e. The summed E-state index contributed by atoms with van der Waals surface area (Å²) in [5, 5.41) is 3.01. The van der Waals surface area contributed by atoms with Crippen molar-refractivity contribution in [1.29, 1.82) is 0 Å². The molecular weight excluding hydrogens is 276 g/mol. The van der Waals surface area contributed by atoms with Crippen molar-refractivity contribution in [3.8, 4) is 0 Å². The first kappa shape index (κ1) is 20.7. The third kappa shape index (κ3) is 6.63. The van der Waals surface area contributed by atoms with E-state index in [1.165, 1.54) is 6.42 Å². The summed E-state index contributed by atoms with van der Waals surface area (Å²) < 4.78 is 0. The Hall–Kier alpha value is -1.32. The molecule has 4 heteroatoms. The summed E-state index contributed by atoms with van der Waals surface area (Å²) in [4.78, 5) is 24.4. The van der Waals surface area contributed by atoms with Gasteiger partial charge >= 0.3 is 0 Å². The van der Waals surface area contributed by atoms with Crippen LogP contribution in [0.15, 0.2) is 12.2 Å². The number of rotatable bonds is 7. The lowest BCUT2D eigenvalue weighted by molar-refractivity contribution is -0.135. The molecule has 22 heavy (non-hydrogen) atoms. The van der Waals surface area contributed by atoms with Gasteiger partial charge in [-0.15, -0.1) is 0 Å². The van der Waals surface area contributed by atoms with Crippen LogP contribution in [-0.2, 0) is 9.59 Å². The highest BCUT2D eigenvalue weighted by atomic mass is 16.2. The number of allylic oxidation sites excluding steroid dienone is 2. The molecule has 2 amide bonds. The number of nitrogens with one attached hydrogen (secondary N) is 1. The third-order valence-electron chi connectivity index (χ3n) is 4.12. The molecule has 2 atom stereocenters. The molecule has 0 aliphatic heterocycles. The van der Waals surface area contributed by atoms with E-state index in [9.17, 15) is 9.59 Å². The monoisotopic (exact) mass is 310 g/mol. The number of hydrogen-bond donors (Lipinski definition) is 2. The van der Waals surface area contributed by atoms with Gasteiger partial charge in [-0.05, 0) is 46.5 Å². The summed E-state index contributed by atoms with van der Waals surface area (Å²) in [5.74, 6) is -0.579. The zero-order valence-corrected chi connectivity index (χ0v) is 13.8. The Morgan fingerprint density at radius 3 is 2.23 bits per heavy atom. The fourth-order valence-corrected chi connectivity index (χ4v) is 2.77. The first-order valence-electron chi connectivity index (χ1n) is 7.97. The Labute approximate surface area is 135 Å². The van der Waals surface area contributed by atoms with Crippen molar-refractivity contribution in [2.45, 2.75) is 72.8 Å². The van der Waals surface area contributed by atoms with Crippen LogP contribution in [0.1, 0.15) is 67.2 Å². The molecule has 3 N–H and O–H groups in total. The minimum atomic E-state index is -0.413. The first-order chi connectivity index (χ1) is 9.74. The van der Waals surface area contributed by atoms with Crippen LogP contribution in [0.2, 0.25) is 0 Å². The average molecular weight is 310 g/mol. The lowest BCUT2D eigenvalue weighted by Crippen LogP contribution is -2.48. The summed E-state index contributed by atoms with van der Waals surface area (Å²) in [6.45, 7) is 7.78. The summed E-state index contributed by atoms with van der Waals surface area (Å²) >= 11 is 0. The van der Waals surface area contributed by atoms with Crippen molar-refractivity contribution >= 4 is 11.8 Å².